The maximum Gasteiger partial charge on any atom is 0.240 e. The third kappa shape index (κ3) is 4.00. The number of ether oxygens (including phenoxy) is 1. The van der Waals surface area contributed by atoms with Gasteiger partial charge in [0.15, 0.2) is 0 Å². The van der Waals surface area contributed by atoms with Gasteiger partial charge in [0.05, 0.1) is 19.3 Å². The molecule has 0 saturated carbocycles. The van der Waals surface area contributed by atoms with E-state index in [1.807, 2.05) is 0 Å². The molecule has 1 saturated heterocycles. The van der Waals surface area contributed by atoms with Crippen LogP contribution in [0.25, 0.3) is 0 Å². The van der Waals surface area contributed by atoms with Crippen LogP contribution in [0.15, 0.2) is 0 Å². The van der Waals surface area contributed by atoms with Gasteiger partial charge in [-0.2, -0.15) is 0 Å². The summed E-state index contributed by atoms with van der Waals surface area (Å²) in [5.41, 5.74) is 0. The minimum Gasteiger partial charge on any atom is -0.378 e. The molecule has 0 radical (unpaired) electrons. The smallest absolute Gasteiger partial charge is 0.240 e. The zero-order chi connectivity index (χ0) is 12.2. The summed E-state index contributed by atoms with van der Waals surface area (Å²) in [5, 5.41) is 0. The van der Waals surface area contributed by atoms with Gasteiger partial charge in [0.2, 0.25) is 15.9 Å². The van der Waals surface area contributed by atoms with Gasteiger partial charge >= 0.3 is 0 Å². The number of amides is 1. The van der Waals surface area contributed by atoms with Crippen molar-refractivity contribution < 1.29 is 17.9 Å². The highest BCUT2D eigenvalue weighted by Gasteiger charge is 2.25. The summed E-state index contributed by atoms with van der Waals surface area (Å²) in [5.74, 6) is -0.215. The number of hydrogen-bond donors (Lipinski definition) is 1. The number of carbonyl (C=O) groups excluding carboxylic acids is 1. The standard InChI is InChI=1S/C8H15BrN2O4S/c1-7(10-16(13,14)6-9)8(12)11-2-4-15-5-3-11/h7,10H,2-6H2,1H3. The molecule has 1 aliphatic rings. The average Bonchev–Trinajstić information content (AvgIpc) is 2.28. The maximum atomic E-state index is 11.8. The predicted octanol–water partition coefficient (Wildman–Crippen LogP) is -0.494. The number of alkyl halides is 1. The van der Waals surface area contributed by atoms with Crippen LogP contribution in [-0.4, -0.2) is 56.2 Å². The zero-order valence-corrected chi connectivity index (χ0v) is 11.4. The van der Waals surface area contributed by atoms with Crippen molar-refractivity contribution in [2.75, 3.05) is 31.0 Å². The van der Waals surface area contributed by atoms with Crippen molar-refractivity contribution in [3.63, 3.8) is 0 Å². The van der Waals surface area contributed by atoms with Crippen molar-refractivity contribution >= 4 is 31.9 Å². The molecule has 1 atom stereocenters. The molecule has 1 amide bonds. The van der Waals surface area contributed by atoms with E-state index in [-0.39, 0.29) is 10.6 Å². The predicted molar refractivity (Wildman–Crippen MR) is 62.7 cm³/mol. The first-order valence-electron chi connectivity index (χ1n) is 4.89. The second-order valence-electron chi connectivity index (χ2n) is 3.50. The van der Waals surface area contributed by atoms with Crippen molar-refractivity contribution in [2.45, 2.75) is 13.0 Å². The van der Waals surface area contributed by atoms with Crippen molar-refractivity contribution in [2.24, 2.45) is 0 Å². The Morgan fingerprint density at radius 2 is 2.06 bits per heavy atom. The van der Waals surface area contributed by atoms with Crippen molar-refractivity contribution in [3.8, 4) is 0 Å². The summed E-state index contributed by atoms with van der Waals surface area (Å²) >= 11 is 2.85. The second kappa shape index (κ2) is 5.95. The van der Waals surface area contributed by atoms with E-state index >= 15 is 0 Å². The number of sulfonamides is 1. The lowest BCUT2D eigenvalue weighted by molar-refractivity contribution is -0.136. The molecule has 1 N–H and O–H groups in total. The number of morpholine rings is 1. The summed E-state index contributed by atoms with van der Waals surface area (Å²) in [6, 6.07) is -0.736. The van der Waals surface area contributed by atoms with Crippen molar-refractivity contribution in [3.05, 3.63) is 0 Å². The third-order valence-electron chi connectivity index (χ3n) is 2.19. The molecule has 0 aromatic heterocycles. The Labute approximate surface area is 104 Å². The Kier molecular flexibility index (Phi) is 5.16. The molecule has 0 aliphatic carbocycles. The Morgan fingerprint density at radius 1 is 1.50 bits per heavy atom. The van der Waals surface area contributed by atoms with Crippen LogP contribution in [0.1, 0.15) is 6.92 Å². The zero-order valence-electron chi connectivity index (χ0n) is 8.98. The normalized spacial score (nSPS) is 19.5. The highest BCUT2D eigenvalue weighted by Crippen LogP contribution is 2.02. The number of halogens is 1. The molecule has 0 aromatic carbocycles. The summed E-state index contributed by atoms with van der Waals surface area (Å²) < 4.78 is 29.7. The molecule has 1 aliphatic heterocycles. The number of carbonyl (C=O) groups is 1. The van der Waals surface area contributed by atoms with Gasteiger partial charge in [-0.05, 0) is 6.92 Å². The maximum absolute atomic E-state index is 11.8. The summed E-state index contributed by atoms with van der Waals surface area (Å²) in [6.07, 6.45) is 0. The number of nitrogens with zero attached hydrogens (tertiary/aromatic N) is 1. The molecule has 0 spiro atoms. The fourth-order valence-corrected chi connectivity index (χ4v) is 2.51. The minimum absolute atomic E-state index is 0.208. The number of rotatable bonds is 4. The van der Waals surface area contributed by atoms with Gasteiger partial charge in [0.1, 0.15) is 4.66 Å². The first-order chi connectivity index (χ1) is 7.46. The first kappa shape index (κ1) is 13.9. The van der Waals surface area contributed by atoms with Gasteiger partial charge in [-0.25, -0.2) is 13.1 Å². The average molecular weight is 315 g/mol. The van der Waals surface area contributed by atoms with Crippen LogP contribution in [0.3, 0.4) is 0 Å². The molecule has 94 valence electrons. The van der Waals surface area contributed by atoms with Crippen molar-refractivity contribution in [1.29, 1.82) is 0 Å². The summed E-state index contributed by atoms with van der Waals surface area (Å²) in [6.45, 7) is 3.57. The van der Waals surface area contributed by atoms with Crippen molar-refractivity contribution in [1.82, 2.24) is 9.62 Å². The highest BCUT2D eigenvalue weighted by molar-refractivity contribution is 9.10. The molecule has 0 aromatic rings. The molecule has 6 nitrogen and oxygen atoms in total. The van der Waals surface area contributed by atoms with Crippen LogP contribution in [0.2, 0.25) is 0 Å². The quantitative estimate of drug-likeness (QED) is 0.710. The largest absolute Gasteiger partial charge is 0.378 e. The Morgan fingerprint density at radius 3 is 2.56 bits per heavy atom. The molecule has 0 bridgehead atoms. The Hall–Kier alpha value is -0.180. The molecule has 1 heterocycles. The van der Waals surface area contributed by atoms with E-state index in [4.69, 9.17) is 4.74 Å². The van der Waals surface area contributed by atoms with Crippen LogP contribution in [0, 0.1) is 0 Å². The van der Waals surface area contributed by atoms with Gasteiger partial charge in [0, 0.05) is 13.1 Å². The Balaban J connectivity index is 2.53. The minimum atomic E-state index is -3.41. The molecular formula is C8H15BrN2O4S. The second-order valence-corrected chi connectivity index (χ2v) is 6.56. The number of nitrogens with one attached hydrogen (secondary N) is 1. The molecular weight excluding hydrogens is 300 g/mol. The summed E-state index contributed by atoms with van der Waals surface area (Å²) in [7, 11) is -3.41. The van der Waals surface area contributed by atoms with Gasteiger partial charge in [-0.1, -0.05) is 15.9 Å². The monoisotopic (exact) mass is 314 g/mol. The van der Waals surface area contributed by atoms with Gasteiger partial charge < -0.3 is 9.64 Å². The molecule has 16 heavy (non-hydrogen) atoms. The first-order valence-corrected chi connectivity index (χ1v) is 7.66. The fourth-order valence-electron chi connectivity index (χ4n) is 1.41. The van der Waals surface area contributed by atoms with Gasteiger partial charge in [0.25, 0.3) is 0 Å². The van der Waals surface area contributed by atoms with Crippen LogP contribution >= 0.6 is 15.9 Å². The van der Waals surface area contributed by atoms with Gasteiger partial charge in [-0.3, -0.25) is 4.79 Å². The lowest BCUT2D eigenvalue weighted by Crippen LogP contribution is -2.50. The van der Waals surface area contributed by atoms with Crippen LogP contribution in [0.5, 0.6) is 0 Å². The van der Waals surface area contributed by atoms with E-state index in [9.17, 15) is 13.2 Å². The lowest BCUT2D eigenvalue weighted by Gasteiger charge is -2.29. The number of hydrogen-bond acceptors (Lipinski definition) is 4. The SMILES string of the molecule is CC(NS(=O)(=O)CBr)C(=O)N1CCOCC1. The van der Waals surface area contributed by atoms with E-state index < -0.39 is 16.1 Å². The topological polar surface area (TPSA) is 75.7 Å². The molecule has 1 unspecified atom stereocenters. The Bertz CT molecular complexity index is 340. The van der Waals surface area contributed by atoms with E-state index in [0.717, 1.165) is 0 Å². The highest BCUT2D eigenvalue weighted by atomic mass is 79.9. The van der Waals surface area contributed by atoms with E-state index in [2.05, 4.69) is 20.7 Å². The van der Waals surface area contributed by atoms with Gasteiger partial charge in [-0.15, -0.1) is 0 Å². The molecule has 1 fully saturated rings. The van der Waals surface area contributed by atoms with E-state index in [1.54, 1.807) is 4.90 Å². The van der Waals surface area contributed by atoms with E-state index in [0.29, 0.717) is 26.3 Å². The van der Waals surface area contributed by atoms with Crippen LogP contribution in [0.4, 0.5) is 0 Å². The summed E-state index contributed by atoms with van der Waals surface area (Å²) in [4.78, 5) is 13.4. The fraction of sp³-hybridized carbons (Fsp3) is 0.875. The van der Waals surface area contributed by atoms with Crippen LogP contribution < -0.4 is 4.72 Å². The molecule has 8 heteroatoms. The lowest BCUT2D eigenvalue weighted by atomic mass is 10.3. The van der Waals surface area contributed by atoms with E-state index in [1.165, 1.54) is 6.92 Å². The third-order valence-corrected chi connectivity index (χ3v) is 5.00. The van der Waals surface area contributed by atoms with Crippen LogP contribution in [-0.2, 0) is 19.6 Å². The molecule has 1 rings (SSSR count).